The van der Waals surface area contributed by atoms with Gasteiger partial charge >= 0.3 is 0 Å². The first-order chi connectivity index (χ1) is 10.5. The Kier molecular flexibility index (Phi) is 10.1. The molecule has 0 aliphatic carbocycles. The van der Waals surface area contributed by atoms with Gasteiger partial charge in [0.15, 0.2) is 0 Å². The van der Waals surface area contributed by atoms with Crippen LogP contribution in [0.3, 0.4) is 0 Å². The predicted octanol–water partition coefficient (Wildman–Crippen LogP) is 3.23. The van der Waals surface area contributed by atoms with Crippen LogP contribution in [0.4, 0.5) is 0 Å². The zero-order valence-electron chi connectivity index (χ0n) is 11.5. The minimum Gasteiger partial charge on any atom is -0.289 e. The number of rotatable bonds is 8. The molecule has 0 fully saturated rings. The van der Waals surface area contributed by atoms with E-state index < -0.39 is 5.91 Å². The molecule has 0 unspecified atom stereocenters. The van der Waals surface area contributed by atoms with Crippen LogP contribution in [0.15, 0.2) is 12.1 Å². The van der Waals surface area contributed by atoms with Crippen LogP contribution in [0, 0.1) is 10.7 Å². The third kappa shape index (κ3) is 7.23. The lowest BCUT2D eigenvalue weighted by Gasteiger charge is -2.09. The van der Waals surface area contributed by atoms with Crippen molar-refractivity contribution in [3.63, 3.8) is 0 Å². The van der Waals surface area contributed by atoms with Crippen molar-refractivity contribution in [1.29, 1.82) is 0 Å². The zero-order valence-corrected chi connectivity index (χ0v) is 18.0. The lowest BCUT2D eigenvalue weighted by Crippen LogP contribution is -2.25. The number of carbonyl (C=O) groups excluding carboxylic acids is 2. The van der Waals surface area contributed by atoms with E-state index in [0.29, 0.717) is 18.6 Å². The number of nitrogens with one attached hydrogen (secondary N) is 2. The van der Waals surface area contributed by atoms with Crippen LogP contribution in [-0.4, -0.2) is 23.6 Å². The fraction of sp³-hybridized carbons (Fsp3) is 0.385. The van der Waals surface area contributed by atoms with E-state index in [1.807, 2.05) is 12.1 Å². The van der Waals surface area contributed by atoms with Crippen molar-refractivity contribution >= 4 is 79.6 Å². The van der Waals surface area contributed by atoms with E-state index in [2.05, 4.69) is 73.3 Å². The molecule has 0 aromatic heterocycles. The number of hydroxylamine groups is 2. The molecule has 1 aromatic carbocycles. The van der Waals surface area contributed by atoms with Crippen molar-refractivity contribution in [2.24, 2.45) is 0 Å². The normalized spacial score (nSPS) is 10.4. The van der Waals surface area contributed by atoms with E-state index in [1.165, 1.54) is 0 Å². The number of hydrogen-bond donors (Lipinski definition) is 3. The highest BCUT2D eigenvalue weighted by atomic mass is 127. The molecule has 6 nitrogen and oxygen atoms in total. The van der Waals surface area contributed by atoms with Gasteiger partial charge in [-0.25, -0.2) is 11.0 Å². The third-order valence-electron chi connectivity index (χ3n) is 2.68. The number of halogens is 3. The van der Waals surface area contributed by atoms with Crippen LogP contribution in [-0.2, 0) is 9.63 Å². The Labute approximate surface area is 169 Å². The summed E-state index contributed by atoms with van der Waals surface area (Å²) in [5, 5.41) is 8.33. The lowest BCUT2D eigenvalue weighted by atomic mass is 10.2. The number of carbonyl (C=O) groups is 2. The van der Waals surface area contributed by atoms with Crippen LogP contribution in [0.2, 0.25) is 0 Å². The number of benzene rings is 1. The Balaban J connectivity index is 2.28. The summed E-state index contributed by atoms with van der Waals surface area (Å²) < 4.78 is 2.92. The molecule has 0 bridgehead atoms. The van der Waals surface area contributed by atoms with E-state index in [0.717, 1.165) is 23.6 Å². The van der Waals surface area contributed by atoms with Gasteiger partial charge in [-0.1, -0.05) is 6.42 Å². The molecule has 1 rings (SSSR count). The Hall–Kier alpha value is 0.270. The number of unbranched alkanes of at least 4 members (excludes halogenated alkanes) is 2. The molecule has 0 heterocycles. The molecule has 0 atom stereocenters. The lowest BCUT2D eigenvalue weighted by molar-refractivity contribution is -0.129. The van der Waals surface area contributed by atoms with Crippen molar-refractivity contribution in [3.05, 3.63) is 28.4 Å². The minimum absolute atomic E-state index is 0.263. The standard InChI is InChI=1S/C13H15I3N2O4/c14-8-6-9(12(16)10(15)7-8)13(20)18-22-5-3-1-2-4-11(19)17-21/h6-7,21H,1-5H2,(H,17,19)(H,18,20). The molecule has 0 aliphatic rings. The number of amides is 2. The second kappa shape index (κ2) is 10.9. The summed E-state index contributed by atoms with van der Waals surface area (Å²) in [6, 6.07) is 3.82. The Morgan fingerprint density at radius 2 is 1.86 bits per heavy atom. The highest BCUT2D eigenvalue weighted by Crippen LogP contribution is 2.22. The first kappa shape index (κ1) is 20.3. The maximum atomic E-state index is 12.1. The quantitative estimate of drug-likeness (QED) is 0.134. The maximum Gasteiger partial charge on any atom is 0.275 e. The molecule has 2 amide bonds. The Morgan fingerprint density at radius 1 is 1.14 bits per heavy atom. The largest absolute Gasteiger partial charge is 0.289 e. The summed E-state index contributed by atoms with van der Waals surface area (Å²) in [7, 11) is 0. The SMILES string of the molecule is O=C(CCCCCONC(=O)c1cc(I)cc(I)c1I)NO. The van der Waals surface area contributed by atoms with Gasteiger partial charge in [-0.05, 0) is 92.7 Å². The van der Waals surface area contributed by atoms with E-state index in [-0.39, 0.29) is 12.3 Å². The Bertz CT molecular complexity index is 540. The molecule has 1 aromatic rings. The summed E-state index contributed by atoms with van der Waals surface area (Å²) in [6.45, 7) is 0.379. The number of hydrogen-bond acceptors (Lipinski definition) is 4. The van der Waals surface area contributed by atoms with Crippen LogP contribution in [0.25, 0.3) is 0 Å². The van der Waals surface area contributed by atoms with Crippen molar-refractivity contribution < 1.29 is 19.6 Å². The van der Waals surface area contributed by atoms with Crippen molar-refractivity contribution in [3.8, 4) is 0 Å². The molecule has 3 N–H and O–H groups in total. The average molecular weight is 644 g/mol. The van der Waals surface area contributed by atoms with Crippen LogP contribution < -0.4 is 11.0 Å². The average Bonchev–Trinajstić information content (AvgIpc) is 2.49. The molecular formula is C13H15I3N2O4. The molecule has 0 spiro atoms. The fourth-order valence-corrected chi connectivity index (χ4v) is 3.99. The first-order valence-electron chi connectivity index (χ1n) is 6.45. The van der Waals surface area contributed by atoms with Gasteiger partial charge in [-0.2, -0.15) is 0 Å². The molecule has 122 valence electrons. The molecule has 0 radical (unpaired) electrons. The van der Waals surface area contributed by atoms with E-state index in [9.17, 15) is 9.59 Å². The third-order valence-corrected chi connectivity index (χ3v) is 6.35. The molecular weight excluding hydrogens is 629 g/mol. The van der Waals surface area contributed by atoms with Gasteiger partial charge in [0.05, 0.1) is 12.2 Å². The molecule has 9 heteroatoms. The molecule has 0 saturated carbocycles. The second-order valence-corrected chi connectivity index (χ2v) is 7.86. The summed E-state index contributed by atoms with van der Waals surface area (Å²) in [4.78, 5) is 28.0. The highest BCUT2D eigenvalue weighted by Gasteiger charge is 2.13. The van der Waals surface area contributed by atoms with Crippen molar-refractivity contribution in [2.45, 2.75) is 25.7 Å². The van der Waals surface area contributed by atoms with Crippen molar-refractivity contribution in [2.75, 3.05) is 6.61 Å². The fourth-order valence-electron chi connectivity index (χ4n) is 1.59. The second-order valence-electron chi connectivity index (χ2n) is 4.37. The summed E-state index contributed by atoms with van der Waals surface area (Å²) in [5.41, 5.74) is 4.61. The van der Waals surface area contributed by atoms with Gasteiger partial charge in [0, 0.05) is 17.1 Å². The van der Waals surface area contributed by atoms with Crippen LogP contribution >= 0.6 is 67.8 Å². The van der Waals surface area contributed by atoms with Gasteiger partial charge in [0.25, 0.3) is 5.91 Å². The van der Waals surface area contributed by atoms with Crippen LogP contribution in [0.5, 0.6) is 0 Å². The molecule has 0 saturated heterocycles. The minimum atomic E-state index is -0.392. The molecule has 0 aliphatic heterocycles. The highest BCUT2D eigenvalue weighted by molar-refractivity contribution is 14.1. The van der Waals surface area contributed by atoms with Crippen LogP contribution in [0.1, 0.15) is 36.0 Å². The summed E-state index contributed by atoms with van der Waals surface area (Å²) in [6.07, 6.45) is 2.44. The van der Waals surface area contributed by atoms with Gasteiger partial charge in [-0.3, -0.25) is 19.6 Å². The summed E-state index contributed by atoms with van der Waals surface area (Å²) >= 11 is 6.50. The van der Waals surface area contributed by atoms with Gasteiger partial charge < -0.3 is 0 Å². The molecule has 22 heavy (non-hydrogen) atoms. The smallest absolute Gasteiger partial charge is 0.275 e. The Morgan fingerprint density at radius 3 is 2.55 bits per heavy atom. The van der Waals surface area contributed by atoms with E-state index in [4.69, 9.17) is 10.0 Å². The van der Waals surface area contributed by atoms with Gasteiger partial charge in [0.2, 0.25) is 5.91 Å². The van der Waals surface area contributed by atoms with Gasteiger partial charge in [-0.15, -0.1) is 0 Å². The maximum absolute atomic E-state index is 12.1. The van der Waals surface area contributed by atoms with Gasteiger partial charge in [0.1, 0.15) is 0 Å². The first-order valence-corrected chi connectivity index (χ1v) is 9.69. The monoisotopic (exact) mass is 644 g/mol. The van der Waals surface area contributed by atoms with E-state index >= 15 is 0 Å². The topological polar surface area (TPSA) is 87.7 Å². The van der Waals surface area contributed by atoms with Crippen molar-refractivity contribution in [1.82, 2.24) is 11.0 Å². The summed E-state index contributed by atoms with van der Waals surface area (Å²) in [5.74, 6) is -0.655. The predicted molar refractivity (Wildman–Crippen MR) is 106 cm³/mol. The van der Waals surface area contributed by atoms with E-state index in [1.54, 1.807) is 5.48 Å². The zero-order chi connectivity index (χ0) is 16.5.